The minimum absolute atomic E-state index is 0.101. The maximum atomic E-state index is 13.2. The van der Waals surface area contributed by atoms with Crippen molar-refractivity contribution in [2.45, 2.75) is 52.1 Å². The average Bonchev–Trinajstić information content (AvgIpc) is 3.21. The van der Waals surface area contributed by atoms with E-state index >= 15 is 0 Å². The Bertz CT molecular complexity index is 1020. The minimum atomic E-state index is 0.101. The van der Waals surface area contributed by atoms with E-state index in [9.17, 15) is 4.79 Å². The maximum absolute atomic E-state index is 13.2. The van der Waals surface area contributed by atoms with Gasteiger partial charge in [0.25, 0.3) is 5.91 Å². The second kappa shape index (κ2) is 5.11. The topological polar surface area (TPSA) is 63.4 Å². The van der Waals surface area contributed by atoms with Crippen molar-refractivity contribution in [1.29, 1.82) is 0 Å². The smallest absolute Gasteiger partial charge is 0.266 e. The molecule has 2 aliphatic heterocycles. The molecule has 0 unspecified atom stereocenters. The SMILES string of the molecule is Cc1cc2ncc3c(n2n1)C[C@@H]1CC[C@@H]3N1C(=O)c1sc(C)nc1C. The van der Waals surface area contributed by atoms with Gasteiger partial charge in [0.05, 0.1) is 28.1 Å². The lowest BCUT2D eigenvalue weighted by atomic mass is 9.99. The summed E-state index contributed by atoms with van der Waals surface area (Å²) in [5.74, 6) is 0.123. The van der Waals surface area contributed by atoms with Crippen molar-refractivity contribution in [1.82, 2.24) is 24.5 Å². The van der Waals surface area contributed by atoms with Crippen molar-refractivity contribution in [2.75, 3.05) is 0 Å². The van der Waals surface area contributed by atoms with Crippen molar-refractivity contribution in [3.05, 3.63) is 44.8 Å². The maximum Gasteiger partial charge on any atom is 0.266 e. The van der Waals surface area contributed by atoms with E-state index in [0.717, 1.165) is 51.7 Å². The predicted octanol–water partition coefficient (Wildman–Crippen LogP) is 3.01. The van der Waals surface area contributed by atoms with E-state index in [1.54, 1.807) is 0 Å². The third-order valence-electron chi connectivity index (χ3n) is 5.36. The average molecular weight is 353 g/mol. The van der Waals surface area contributed by atoms with Crippen LogP contribution in [0.15, 0.2) is 12.3 Å². The van der Waals surface area contributed by atoms with Crippen molar-refractivity contribution in [3.8, 4) is 0 Å². The molecule has 7 heteroatoms. The third kappa shape index (κ3) is 2.08. The number of thiazole rings is 1. The fourth-order valence-corrected chi connectivity index (χ4v) is 5.22. The molecule has 3 aromatic rings. The number of hydrogen-bond donors (Lipinski definition) is 0. The number of nitrogens with zero attached hydrogens (tertiary/aromatic N) is 5. The Morgan fingerprint density at radius 1 is 1.28 bits per heavy atom. The highest BCUT2D eigenvalue weighted by Gasteiger charge is 2.44. The fraction of sp³-hybridized carbons (Fsp3) is 0.444. The van der Waals surface area contributed by atoms with Gasteiger partial charge in [0.2, 0.25) is 0 Å². The number of carbonyl (C=O) groups excluding carboxylic acids is 1. The van der Waals surface area contributed by atoms with Gasteiger partial charge < -0.3 is 4.90 Å². The summed E-state index contributed by atoms with van der Waals surface area (Å²) < 4.78 is 1.97. The van der Waals surface area contributed by atoms with Gasteiger partial charge in [0, 0.05) is 30.3 Å². The van der Waals surface area contributed by atoms with Gasteiger partial charge in [-0.15, -0.1) is 11.3 Å². The Hall–Kier alpha value is -2.28. The van der Waals surface area contributed by atoms with Gasteiger partial charge in [-0.2, -0.15) is 5.10 Å². The molecule has 25 heavy (non-hydrogen) atoms. The number of carbonyl (C=O) groups is 1. The molecule has 0 radical (unpaired) electrons. The van der Waals surface area contributed by atoms with Crippen molar-refractivity contribution in [2.24, 2.45) is 0 Å². The van der Waals surface area contributed by atoms with Crippen LogP contribution in [0.5, 0.6) is 0 Å². The molecule has 5 rings (SSSR count). The summed E-state index contributed by atoms with van der Waals surface area (Å²) in [4.78, 5) is 25.1. The largest absolute Gasteiger partial charge is 0.327 e. The Balaban J connectivity index is 1.60. The first-order valence-electron chi connectivity index (χ1n) is 8.64. The summed E-state index contributed by atoms with van der Waals surface area (Å²) in [7, 11) is 0. The van der Waals surface area contributed by atoms with E-state index in [0.29, 0.717) is 0 Å². The second-order valence-electron chi connectivity index (χ2n) is 7.03. The first kappa shape index (κ1) is 15.0. The molecule has 2 atom stereocenters. The molecular formula is C18H19N5OS. The van der Waals surface area contributed by atoms with Crippen molar-refractivity contribution in [3.63, 3.8) is 0 Å². The molecule has 1 fully saturated rings. The molecule has 0 saturated carbocycles. The van der Waals surface area contributed by atoms with Crippen molar-refractivity contribution >= 4 is 22.9 Å². The first-order chi connectivity index (χ1) is 12.0. The molecule has 5 heterocycles. The van der Waals surface area contributed by atoms with E-state index < -0.39 is 0 Å². The van der Waals surface area contributed by atoms with Crippen LogP contribution in [0.25, 0.3) is 5.65 Å². The highest BCUT2D eigenvalue weighted by atomic mass is 32.1. The van der Waals surface area contributed by atoms with Gasteiger partial charge in [-0.05, 0) is 33.6 Å². The Labute approximate surface area is 149 Å². The molecule has 3 aromatic heterocycles. The highest BCUT2D eigenvalue weighted by Crippen LogP contribution is 2.44. The van der Waals surface area contributed by atoms with E-state index in [1.165, 1.54) is 17.0 Å². The molecule has 2 aliphatic rings. The molecule has 1 amide bonds. The molecule has 0 aliphatic carbocycles. The summed E-state index contributed by atoms with van der Waals surface area (Å²) in [5, 5.41) is 5.56. The number of aromatic nitrogens is 4. The third-order valence-corrected chi connectivity index (χ3v) is 6.42. The van der Waals surface area contributed by atoms with Crippen LogP contribution in [0, 0.1) is 20.8 Å². The summed E-state index contributed by atoms with van der Waals surface area (Å²) in [6, 6.07) is 2.34. The summed E-state index contributed by atoms with van der Waals surface area (Å²) >= 11 is 1.50. The Morgan fingerprint density at radius 2 is 2.12 bits per heavy atom. The van der Waals surface area contributed by atoms with Gasteiger partial charge in [-0.3, -0.25) is 4.79 Å². The lowest BCUT2D eigenvalue weighted by Crippen LogP contribution is -2.42. The number of rotatable bonds is 1. The fourth-order valence-electron chi connectivity index (χ4n) is 4.36. The molecule has 1 saturated heterocycles. The van der Waals surface area contributed by atoms with E-state index in [4.69, 9.17) is 0 Å². The lowest BCUT2D eigenvalue weighted by Gasteiger charge is -2.36. The summed E-state index contributed by atoms with van der Waals surface area (Å²) in [6.07, 6.45) is 4.81. The molecule has 0 aromatic carbocycles. The highest BCUT2D eigenvalue weighted by molar-refractivity contribution is 7.13. The number of fused-ring (bicyclic) bond motifs is 6. The molecule has 0 N–H and O–H groups in total. The lowest BCUT2D eigenvalue weighted by molar-refractivity contribution is 0.0647. The quantitative estimate of drug-likeness (QED) is 0.675. The summed E-state index contributed by atoms with van der Waals surface area (Å²) in [6.45, 7) is 5.87. The predicted molar refractivity (Wildman–Crippen MR) is 94.9 cm³/mol. The van der Waals surface area contributed by atoms with Gasteiger partial charge in [0.1, 0.15) is 4.88 Å². The monoisotopic (exact) mass is 353 g/mol. The van der Waals surface area contributed by atoms with Crippen LogP contribution in [0.4, 0.5) is 0 Å². The Morgan fingerprint density at radius 3 is 2.88 bits per heavy atom. The van der Waals surface area contributed by atoms with E-state index in [1.807, 2.05) is 37.5 Å². The zero-order valence-corrected chi connectivity index (χ0v) is 15.3. The number of hydrogen-bond acceptors (Lipinski definition) is 5. The summed E-state index contributed by atoms with van der Waals surface area (Å²) in [5.41, 5.74) is 5.07. The molecular weight excluding hydrogens is 334 g/mol. The molecule has 0 spiro atoms. The van der Waals surface area contributed by atoms with Gasteiger partial charge in [-0.25, -0.2) is 14.5 Å². The number of aryl methyl sites for hydroxylation is 3. The minimum Gasteiger partial charge on any atom is -0.327 e. The molecule has 128 valence electrons. The zero-order valence-electron chi connectivity index (χ0n) is 14.5. The normalized spacial score (nSPS) is 21.8. The second-order valence-corrected chi connectivity index (χ2v) is 8.23. The first-order valence-corrected chi connectivity index (χ1v) is 9.45. The van der Waals surface area contributed by atoms with Crippen LogP contribution in [-0.2, 0) is 6.42 Å². The Kier molecular flexibility index (Phi) is 3.07. The van der Waals surface area contributed by atoms with Crippen molar-refractivity contribution < 1.29 is 4.79 Å². The van der Waals surface area contributed by atoms with Crippen LogP contribution in [0.1, 0.15) is 56.2 Å². The van der Waals surface area contributed by atoms with E-state index in [2.05, 4.69) is 20.0 Å². The van der Waals surface area contributed by atoms with Gasteiger partial charge in [-0.1, -0.05) is 0 Å². The van der Waals surface area contributed by atoms with Gasteiger partial charge in [0.15, 0.2) is 5.65 Å². The van der Waals surface area contributed by atoms with Crippen LogP contribution >= 0.6 is 11.3 Å². The van der Waals surface area contributed by atoms with E-state index in [-0.39, 0.29) is 18.0 Å². The van der Waals surface area contributed by atoms with Crippen LogP contribution < -0.4 is 0 Å². The molecule has 2 bridgehead atoms. The van der Waals surface area contributed by atoms with Crippen LogP contribution in [0.2, 0.25) is 0 Å². The van der Waals surface area contributed by atoms with Crippen LogP contribution in [0.3, 0.4) is 0 Å². The molecule has 6 nitrogen and oxygen atoms in total. The standard InChI is InChI=1S/C18H19N5OS/c1-9-6-16-19-8-13-14-5-4-12(7-15(13)23(16)21-9)22(14)18(24)17-10(2)20-11(3)25-17/h6,8,12,14H,4-5,7H2,1-3H3/t12-,14-/m0/s1. The zero-order chi connectivity index (χ0) is 17.3. The number of amides is 1. The van der Waals surface area contributed by atoms with Gasteiger partial charge >= 0.3 is 0 Å². The van der Waals surface area contributed by atoms with Crippen LogP contribution in [-0.4, -0.2) is 36.4 Å².